The van der Waals surface area contributed by atoms with Crippen LogP contribution in [0.15, 0.2) is 115 Å². The van der Waals surface area contributed by atoms with Gasteiger partial charge in [0, 0.05) is 42.8 Å². The van der Waals surface area contributed by atoms with E-state index in [0.29, 0.717) is 22.3 Å². The van der Waals surface area contributed by atoms with Crippen LogP contribution in [0.5, 0.6) is 5.75 Å². The standard InChI is InChI=1S/C46H53N7O9/c1-27(2)40(47)45(60)53-39(26-54)44(59)51-37(24-31-25-48-34-16-10-9-15-33(31)34)43(58)50-35(21-28-11-5-3-6-12-28)41(56)49-36(22-29-13-7-4-8-14-29)42(57)52-38(46(61)62)23-30-17-19-32(55)20-18-30/h3-20,25,27,35-40,48,54-55H,21-24,26,47H2,1-2H3,(H,49,56)(H,50,58)(H,51,59)(H,52,57)(H,53,60)(H,61,62)/t35-,36-,37-,38-,39-,40-/m0/s1. The Morgan fingerprint density at radius 3 is 1.47 bits per heavy atom. The lowest BCUT2D eigenvalue weighted by Crippen LogP contribution is -2.61. The summed E-state index contributed by atoms with van der Waals surface area (Å²) < 4.78 is 0. The number of phenolic OH excluding ortho intramolecular Hbond substituents is 1. The molecule has 16 nitrogen and oxygen atoms in total. The molecule has 0 aliphatic rings. The van der Waals surface area contributed by atoms with E-state index in [1.807, 2.05) is 24.3 Å². The van der Waals surface area contributed by atoms with Crippen molar-refractivity contribution >= 4 is 46.4 Å². The lowest BCUT2D eigenvalue weighted by Gasteiger charge is -2.27. The third-order valence-electron chi connectivity index (χ3n) is 10.4. The van der Waals surface area contributed by atoms with Gasteiger partial charge in [-0.15, -0.1) is 0 Å². The van der Waals surface area contributed by atoms with Crippen molar-refractivity contribution in [2.75, 3.05) is 6.61 Å². The number of aromatic amines is 1. The van der Waals surface area contributed by atoms with Gasteiger partial charge in [-0.05, 0) is 46.4 Å². The highest BCUT2D eigenvalue weighted by Crippen LogP contribution is 2.20. The van der Waals surface area contributed by atoms with Crippen LogP contribution >= 0.6 is 0 Å². The van der Waals surface area contributed by atoms with Gasteiger partial charge < -0.3 is 52.6 Å². The molecule has 62 heavy (non-hydrogen) atoms. The van der Waals surface area contributed by atoms with Crippen LogP contribution in [0.1, 0.15) is 36.1 Å². The van der Waals surface area contributed by atoms with Crippen molar-refractivity contribution in [2.24, 2.45) is 11.7 Å². The number of hydrogen-bond acceptors (Lipinski definition) is 9. The summed E-state index contributed by atoms with van der Waals surface area (Å²) in [5, 5.41) is 43.9. The quantitative estimate of drug-likeness (QED) is 0.0510. The molecule has 0 saturated carbocycles. The number of carboxylic acids is 1. The first-order chi connectivity index (χ1) is 29.7. The zero-order valence-electron chi connectivity index (χ0n) is 34.4. The van der Waals surface area contributed by atoms with E-state index in [-0.39, 0.29) is 37.4 Å². The van der Waals surface area contributed by atoms with E-state index in [1.165, 1.54) is 24.3 Å². The van der Waals surface area contributed by atoms with Crippen molar-refractivity contribution in [1.29, 1.82) is 0 Å². The van der Waals surface area contributed by atoms with Gasteiger partial charge in [-0.25, -0.2) is 4.79 Å². The van der Waals surface area contributed by atoms with Gasteiger partial charge in [-0.2, -0.15) is 0 Å². The fourth-order valence-electron chi connectivity index (χ4n) is 6.77. The van der Waals surface area contributed by atoms with Crippen molar-refractivity contribution in [3.8, 4) is 5.75 Å². The number of aliphatic hydroxyl groups excluding tert-OH is 1. The fraction of sp³-hybridized carbons (Fsp3) is 0.304. The van der Waals surface area contributed by atoms with Gasteiger partial charge in [-0.3, -0.25) is 24.0 Å². The zero-order valence-corrected chi connectivity index (χ0v) is 34.4. The number of carbonyl (C=O) groups excluding carboxylic acids is 5. The monoisotopic (exact) mass is 847 g/mol. The molecule has 0 bridgehead atoms. The number of fused-ring (bicyclic) bond motifs is 1. The molecule has 0 radical (unpaired) electrons. The van der Waals surface area contributed by atoms with Crippen LogP contribution in [0.4, 0.5) is 0 Å². The number of aliphatic carboxylic acids is 1. The number of aromatic hydroxyl groups is 1. The van der Waals surface area contributed by atoms with Crippen LogP contribution in [-0.4, -0.2) is 98.7 Å². The highest BCUT2D eigenvalue weighted by molar-refractivity contribution is 5.97. The predicted octanol–water partition coefficient (Wildman–Crippen LogP) is 1.63. The molecule has 5 aromatic rings. The van der Waals surface area contributed by atoms with Crippen LogP contribution in [0.25, 0.3) is 10.9 Å². The van der Waals surface area contributed by atoms with Crippen LogP contribution < -0.4 is 32.3 Å². The van der Waals surface area contributed by atoms with E-state index < -0.39 is 78.4 Å². The summed E-state index contributed by atoms with van der Waals surface area (Å²) in [5.74, 6) is -5.50. The summed E-state index contributed by atoms with van der Waals surface area (Å²) in [5.41, 5.74) is 9.24. The van der Waals surface area contributed by atoms with Gasteiger partial charge in [0.25, 0.3) is 0 Å². The molecule has 0 saturated heterocycles. The van der Waals surface area contributed by atoms with Crippen LogP contribution in [0.2, 0.25) is 0 Å². The topological polar surface area (TPSA) is 265 Å². The molecule has 11 N–H and O–H groups in total. The fourth-order valence-corrected chi connectivity index (χ4v) is 6.77. The maximum Gasteiger partial charge on any atom is 0.326 e. The zero-order chi connectivity index (χ0) is 44.8. The van der Waals surface area contributed by atoms with Crippen molar-refractivity contribution in [2.45, 2.75) is 75.8 Å². The van der Waals surface area contributed by atoms with Crippen LogP contribution in [-0.2, 0) is 54.5 Å². The number of carboxylic acid groups (broad SMARTS) is 1. The third-order valence-corrected chi connectivity index (χ3v) is 10.4. The van der Waals surface area contributed by atoms with Crippen LogP contribution in [0, 0.1) is 5.92 Å². The number of benzene rings is 4. The van der Waals surface area contributed by atoms with E-state index in [1.54, 1.807) is 80.7 Å². The Morgan fingerprint density at radius 2 is 0.968 bits per heavy atom. The molecule has 0 unspecified atom stereocenters. The minimum Gasteiger partial charge on any atom is -0.508 e. The lowest BCUT2D eigenvalue weighted by atomic mass is 10.00. The molecule has 4 aromatic carbocycles. The normalized spacial score (nSPS) is 14.1. The lowest BCUT2D eigenvalue weighted by molar-refractivity contribution is -0.142. The molecule has 6 atom stereocenters. The Labute approximate surface area is 358 Å². The molecular weight excluding hydrogens is 795 g/mol. The number of H-pyrrole nitrogens is 1. The average Bonchev–Trinajstić information content (AvgIpc) is 3.67. The number of aromatic nitrogens is 1. The molecule has 0 aliphatic carbocycles. The minimum atomic E-state index is -1.46. The van der Waals surface area contributed by atoms with E-state index in [4.69, 9.17) is 5.73 Å². The SMILES string of the molecule is CC(C)[C@H](N)C(=O)N[C@@H](CO)C(=O)N[C@@H](Cc1c[nH]c2ccccc12)C(=O)N[C@@H](Cc1ccccc1)C(=O)N[C@@H](Cc1ccccc1)C(=O)N[C@@H](Cc1ccc(O)cc1)C(=O)O. The minimum absolute atomic E-state index is 0.00994. The summed E-state index contributed by atoms with van der Waals surface area (Å²) in [7, 11) is 0. The van der Waals surface area contributed by atoms with Crippen molar-refractivity contribution in [3.05, 3.63) is 138 Å². The molecule has 326 valence electrons. The molecule has 0 aliphatic heterocycles. The summed E-state index contributed by atoms with van der Waals surface area (Å²) in [4.78, 5) is 84.9. The summed E-state index contributed by atoms with van der Waals surface area (Å²) in [6.07, 6.45) is 1.41. The maximum atomic E-state index is 14.5. The molecule has 16 heteroatoms. The van der Waals surface area contributed by atoms with Gasteiger partial charge in [0.2, 0.25) is 29.5 Å². The number of aliphatic hydroxyl groups is 1. The Hall–Kier alpha value is -7.04. The third kappa shape index (κ3) is 13.0. The van der Waals surface area contributed by atoms with E-state index in [0.717, 1.165) is 10.9 Å². The molecule has 0 fully saturated rings. The van der Waals surface area contributed by atoms with Crippen molar-refractivity contribution in [1.82, 2.24) is 31.6 Å². The second-order valence-electron chi connectivity index (χ2n) is 15.4. The highest BCUT2D eigenvalue weighted by atomic mass is 16.4. The number of nitrogens with two attached hydrogens (primary N) is 1. The van der Waals surface area contributed by atoms with Crippen LogP contribution in [0.3, 0.4) is 0 Å². The first kappa shape index (κ1) is 46.0. The Bertz CT molecular complexity index is 2300. The molecular formula is C46H53N7O9. The van der Waals surface area contributed by atoms with Gasteiger partial charge >= 0.3 is 5.97 Å². The second kappa shape index (κ2) is 22.0. The number of rotatable bonds is 21. The largest absolute Gasteiger partial charge is 0.508 e. The van der Waals surface area contributed by atoms with E-state index in [2.05, 4.69) is 31.6 Å². The smallest absolute Gasteiger partial charge is 0.326 e. The number of nitrogens with one attached hydrogen (secondary N) is 6. The van der Waals surface area contributed by atoms with Crippen molar-refractivity contribution in [3.63, 3.8) is 0 Å². The highest BCUT2D eigenvalue weighted by Gasteiger charge is 2.34. The molecule has 5 rings (SSSR count). The number of amides is 5. The molecule has 0 spiro atoms. The summed E-state index contributed by atoms with van der Waals surface area (Å²) in [6.45, 7) is 2.65. The molecule has 5 amide bonds. The van der Waals surface area contributed by atoms with E-state index in [9.17, 15) is 44.1 Å². The summed E-state index contributed by atoms with van der Waals surface area (Å²) in [6, 6.07) is 23.0. The number of hydrogen-bond donors (Lipinski definition) is 10. The number of carbonyl (C=O) groups is 6. The Balaban J connectivity index is 1.43. The second-order valence-corrected chi connectivity index (χ2v) is 15.4. The summed E-state index contributed by atoms with van der Waals surface area (Å²) >= 11 is 0. The predicted molar refractivity (Wildman–Crippen MR) is 231 cm³/mol. The van der Waals surface area contributed by atoms with Gasteiger partial charge in [-0.1, -0.05) is 105 Å². The average molecular weight is 848 g/mol. The maximum absolute atomic E-state index is 14.5. The van der Waals surface area contributed by atoms with E-state index >= 15 is 0 Å². The van der Waals surface area contributed by atoms with Gasteiger partial charge in [0.15, 0.2) is 0 Å². The number of para-hydroxylation sites is 1. The Kier molecular flexibility index (Phi) is 16.3. The Morgan fingerprint density at radius 1 is 0.548 bits per heavy atom. The first-order valence-corrected chi connectivity index (χ1v) is 20.2. The molecule has 1 heterocycles. The number of phenols is 1. The molecule has 1 aromatic heterocycles. The van der Waals surface area contributed by atoms with Gasteiger partial charge in [0.05, 0.1) is 12.6 Å². The first-order valence-electron chi connectivity index (χ1n) is 20.2. The van der Waals surface area contributed by atoms with Gasteiger partial charge in [0.1, 0.15) is 36.0 Å². The van der Waals surface area contributed by atoms with Crippen molar-refractivity contribution < 1.29 is 44.1 Å².